The molecule has 4 heteroatoms. The van der Waals surface area contributed by atoms with Gasteiger partial charge in [-0.05, 0) is 48.0 Å². The highest BCUT2D eigenvalue weighted by molar-refractivity contribution is 6.15. The molecule has 0 amide bonds. The van der Waals surface area contributed by atoms with Crippen molar-refractivity contribution in [3.05, 3.63) is 182 Å². The molecule has 50 heavy (non-hydrogen) atoms. The molecule has 234 valence electrons. The second-order valence-electron chi connectivity index (χ2n) is 12.6. The lowest BCUT2D eigenvalue weighted by Crippen LogP contribution is -2.04. The number of fused-ring (bicyclic) bond motifs is 6. The Morgan fingerprint density at radius 3 is 1.52 bits per heavy atom. The number of nitrogens with zero attached hydrogens (tertiary/aromatic N) is 4. The summed E-state index contributed by atoms with van der Waals surface area (Å²) >= 11 is 0. The average Bonchev–Trinajstić information content (AvgIpc) is 3.71. The van der Waals surface area contributed by atoms with Crippen LogP contribution in [0.3, 0.4) is 0 Å². The van der Waals surface area contributed by atoms with Gasteiger partial charge in [-0.1, -0.05) is 140 Å². The minimum Gasteiger partial charge on any atom is -0.309 e. The Morgan fingerprint density at radius 2 is 0.860 bits per heavy atom. The average molecular weight is 639 g/mol. The first-order valence-corrected chi connectivity index (χ1v) is 16.9. The molecule has 0 aliphatic rings. The van der Waals surface area contributed by atoms with Gasteiger partial charge in [-0.3, -0.25) is 4.57 Å². The van der Waals surface area contributed by atoms with E-state index < -0.39 is 0 Å². The normalized spacial score (nSPS) is 11.6. The van der Waals surface area contributed by atoms with Crippen molar-refractivity contribution in [2.24, 2.45) is 0 Å². The Hall–Kier alpha value is -6.78. The smallest absolute Gasteiger partial charge is 0.235 e. The maximum absolute atomic E-state index is 5.28. The molecule has 3 heterocycles. The van der Waals surface area contributed by atoms with Crippen LogP contribution in [0.4, 0.5) is 0 Å². The summed E-state index contributed by atoms with van der Waals surface area (Å²) in [5.41, 5.74) is 11.8. The molecule has 7 aromatic carbocycles. The van der Waals surface area contributed by atoms with Gasteiger partial charge in [-0.25, -0.2) is 9.97 Å². The number of benzene rings is 7. The molecular weight excluding hydrogens is 609 g/mol. The Kier molecular flexibility index (Phi) is 6.46. The Bertz CT molecular complexity index is 2790. The van der Waals surface area contributed by atoms with Crippen LogP contribution in [0.2, 0.25) is 0 Å². The topological polar surface area (TPSA) is 35.6 Å². The lowest BCUT2D eigenvalue weighted by atomic mass is 10.00. The lowest BCUT2D eigenvalue weighted by molar-refractivity contribution is 0.996. The highest BCUT2D eigenvalue weighted by Crippen LogP contribution is 2.41. The van der Waals surface area contributed by atoms with Crippen molar-refractivity contribution in [1.29, 1.82) is 0 Å². The number of aromatic nitrogens is 4. The molecule has 4 nitrogen and oxygen atoms in total. The molecule has 0 unspecified atom stereocenters. The number of hydrogen-bond donors (Lipinski definition) is 0. The van der Waals surface area contributed by atoms with Crippen LogP contribution in [0.1, 0.15) is 0 Å². The van der Waals surface area contributed by atoms with Gasteiger partial charge in [-0.15, -0.1) is 0 Å². The first-order chi connectivity index (χ1) is 24.8. The molecule has 10 rings (SSSR count). The highest BCUT2D eigenvalue weighted by Gasteiger charge is 2.21. The van der Waals surface area contributed by atoms with Crippen molar-refractivity contribution in [2.45, 2.75) is 0 Å². The van der Waals surface area contributed by atoms with Crippen LogP contribution in [-0.4, -0.2) is 19.1 Å². The molecule has 0 aliphatic carbocycles. The fraction of sp³-hybridized carbons (Fsp3) is 0. The van der Waals surface area contributed by atoms with Crippen LogP contribution in [0, 0.1) is 0 Å². The third-order valence-corrected chi connectivity index (χ3v) is 9.75. The summed E-state index contributed by atoms with van der Waals surface area (Å²) in [4.78, 5) is 10.6. The third kappa shape index (κ3) is 4.46. The molecule has 0 bridgehead atoms. The van der Waals surface area contributed by atoms with Gasteiger partial charge in [0.25, 0.3) is 0 Å². The van der Waals surface area contributed by atoms with Crippen LogP contribution < -0.4 is 0 Å². The van der Waals surface area contributed by atoms with Crippen molar-refractivity contribution >= 4 is 43.6 Å². The highest BCUT2D eigenvalue weighted by atomic mass is 15.2. The van der Waals surface area contributed by atoms with Crippen LogP contribution in [0.25, 0.3) is 88.9 Å². The van der Waals surface area contributed by atoms with Gasteiger partial charge in [0.1, 0.15) is 0 Å². The van der Waals surface area contributed by atoms with E-state index in [4.69, 9.17) is 9.97 Å². The zero-order valence-electron chi connectivity index (χ0n) is 27.1. The zero-order valence-corrected chi connectivity index (χ0v) is 27.1. The van der Waals surface area contributed by atoms with Gasteiger partial charge < -0.3 is 4.57 Å². The second kappa shape index (κ2) is 11.4. The summed E-state index contributed by atoms with van der Waals surface area (Å²) in [6.45, 7) is 0. The SMILES string of the molecule is c1ccc(-c2cc(-c3ccccc3)nc(-n3c4ccccc4c4cccc(-c5ccc6c(c5)c5ccccc5n6-c5ccccc5)c43)n2)cc1. The quantitative estimate of drug-likeness (QED) is 0.188. The molecule has 0 N–H and O–H groups in total. The van der Waals surface area contributed by atoms with Crippen LogP contribution in [0.15, 0.2) is 182 Å². The van der Waals surface area contributed by atoms with Crippen molar-refractivity contribution in [3.63, 3.8) is 0 Å². The largest absolute Gasteiger partial charge is 0.309 e. The van der Waals surface area contributed by atoms with Crippen LogP contribution in [-0.2, 0) is 0 Å². The van der Waals surface area contributed by atoms with Gasteiger partial charge in [0.15, 0.2) is 0 Å². The second-order valence-corrected chi connectivity index (χ2v) is 12.6. The van der Waals surface area contributed by atoms with Gasteiger partial charge in [-0.2, -0.15) is 0 Å². The lowest BCUT2D eigenvalue weighted by Gasteiger charge is -2.14. The van der Waals surface area contributed by atoms with E-state index in [1.54, 1.807) is 0 Å². The van der Waals surface area contributed by atoms with Crippen molar-refractivity contribution < 1.29 is 0 Å². The van der Waals surface area contributed by atoms with E-state index >= 15 is 0 Å². The fourth-order valence-corrected chi connectivity index (χ4v) is 7.50. The summed E-state index contributed by atoms with van der Waals surface area (Å²) in [5, 5.41) is 4.78. The van der Waals surface area contributed by atoms with E-state index in [0.717, 1.165) is 50.4 Å². The van der Waals surface area contributed by atoms with Gasteiger partial charge >= 0.3 is 0 Å². The number of rotatable bonds is 5. The molecule has 3 aromatic heterocycles. The summed E-state index contributed by atoms with van der Waals surface area (Å²) in [7, 11) is 0. The summed E-state index contributed by atoms with van der Waals surface area (Å²) < 4.78 is 4.62. The molecule has 10 aromatic rings. The number of para-hydroxylation sites is 4. The maximum Gasteiger partial charge on any atom is 0.235 e. The minimum absolute atomic E-state index is 0.644. The maximum atomic E-state index is 5.28. The van der Waals surface area contributed by atoms with Crippen molar-refractivity contribution in [2.75, 3.05) is 0 Å². The molecule has 0 saturated carbocycles. The Morgan fingerprint density at radius 1 is 0.340 bits per heavy atom. The van der Waals surface area contributed by atoms with E-state index in [1.807, 2.05) is 12.1 Å². The Labute approximate surface area is 289 Å². The van der Waals surface area contributed by atoms with Crippen LogP contribution in [0.5, 0.6) is 0 Å². The summed E-state index contributed by atoms with van der Waals surface area (Å²) in [5.74, 6) is 0.644. The molecule has 0 fully saturated rings. The number of hydrogen-bond acceptors (Lipinski definition) is 2. The van der Waals surface area contributed by atoms with Gasteiger partial charge in [0.05, 0.1) is 33.5 Å². The predicted molar refractivity (Wildman–Crippen MR) is 207 cm³/mol. The van der Waals surface area contributed by atoms with Gasteiger partial charge in [0.2, 0.25) is 5.95 Å². The van der Waals surface area contributed by atoms with E-state index in [-0.39, 0.29) is 0 Å². The molecule has 0 spiro atoms. The first kappa shape index (κ1) is 28.3. The standard InChI is InChI=1S/C46H30N4/c1-4-15-31(16-5-1)40-30-41(32-17-6-2-7-18-32)48-46(47-40)50-43-26-13-10-21-36(43)38-24-14-23-35(45(38)50)33-27-28-44-39(29-33)37-22-11-12-25-42(37)49(44)34-19-8-3-9-20-34/h1-30H. The van der Waals surface area contributed by atoms with E-state index in [0.29, 0.717) is 5.95 Å². The summed E-state index contributed by atoms with van der Waals surface area (Å²) in [6.07, 6.45) is 0. The first-order valence-electron chi connectivity index (χ1n) is 16.9. The van der Waals surface area contributed by atoms with Crippen molar-refractivity contribution in [3.8, 4) is 45.3 Å². The monoisotopic (exact) mass is 638 g/mol. The molecule has 0 radical (unpaired) electrons. The van der Waals surface area contributed by atoms with E-state index in [1.165, 1.54) is 32.6 Å². The molecule has 0 saturated heterocycles. The third-order valence-electron chi connectivity index (χ3n) is 9.75. The zero-order chi connectivity index (χ0) is 33.0. The molecule has 0 atom stereocenters. The minimum atomic E-state index is 0.644. The van der Waals surface area contributed by atoms with Crippen molar-refractivity contribution in [1.82, 2.24) is 19.1 Å². The van der Waals surface area contributed by atoms with Crippen LogP contribution >= 0.6 is 0 Å². The van der Waals surface area contributed by atoms with Gasteiger partial charge in [0, 0.05) is 43.9 Å². The molecule has 0 aliphatic heterocycles. The molecular formula is C46H30N4. The fourth-order valence-electron chi connectivity index (χ4n) is 7.50. The van der Waals surface area contributed by atoms with E-state index in [2.05, 4.69) is 179 Å². The predicted octanol–water partition coefficient (Wildman–Crippen LogP) is 11.7. The summed E-state index contributed by atoms with van der Waals surface area (Å²) in [6, 6.07) is 64.2. The Balaban J connectivity index is 1.27. The van der Waals surface area contributed by atoms with E-state index in [9.17, 15) is 0 Å².